The Hall–Kier alpha value is -2.51. The van der Waals surface area contributed by atoms with Crippen LogP contribution in [0, 0.1) is 0 Å². The number of hydrogen-bond acceptors (Lipinski definition) is 4. The lowest BCUT2D eigenvalue weighted by Crippen LogP contribution is -2.29. The molecular weight excluding hydrogens is 292 g/mol. The minimum absolute atomic E-state index is 0.0335. The van der Waals surface area contributed by atoms with Crippen molar-refractivity contribution in [3.05, 3.63) is 35.8 Å². The number of aryl methyl sites for hydroxylation is 1. The molecule has 0 fully saturated rings. The predicted octanol–water partition coefficient (Wildman–Crippen LogP) is 2.10. The molecule has 0 saturated carbocycles. The highest BCUT2D eigenvalue weighted by atomic mass is 19.3. The molecule has 0 spiro atoms. The van der Waals surface area contributed by atoms with Gasteiger partial charge in [0.2, 0.25) is 0 Å². The van der Waals surface area contributed by atoms with Crippen molar-refractivity contribution in [1.82, 2.24) is 14.8 Å². The van der Waals surface area contributed by atoms with Crippen molar-refractivity contribution in [2.75, 3.05) is 30.9 Å². The smallest absolute Gasteiger partial charge is 0.280 e. The van der Waals surface area contributed by atoms with Gasteiger partial charge in [-0.2, -0.15) is 5.10 Å². The second kappa shape index (κ2) is 6.08. The minimum atomic E-state index is -2.68. The fourth-order valence-electron chi connectivity index (χ4n) is 2.07. The summed E-state index contributed by atoms with van der Waals surface area (Å²) in [6.45, 7) is 0. The quantitative estimate of drug-likeness (QED) is 0.868. The summed E-state index contributed by atoms with van der Waals surface area (Å²) in [4.78, 5) is 19.8. The number of pyridine rings is 1. The number of carbonyl (C=O) groups is 1. The Bertz CT molecular complexity index is 684. The van der Waals surface area contributed by atoms with E-state index in [1.165, 1.54) is 11.9 Å². The molecule has 0 radical (unpaired) electrons. The molecule has 2 aromatic rings. The highest BCUT2D eigenvalue weighted by Crippen LogP contribution is 2.26. The van der Waals surface area contributed by atoms with Crippen LogP contribution in [0.4, 0.5) is 20.3 Å². The molecule has 8 heteroatoms. The van der Waals surface area contributed by atoms with Crippen LogP contribution in [-0.4, -0.2) is 41.8 Å². The summed E-state index contributed by atoms with van der Waals surface area (Å²) in [5.74, 6) is 0.127. The number of halogens is 2. The Balaban J connectivity index is 2.36. The Morgan fingerprint density at radius 2 is 2.00 bits per heavy atom. The SMILES string of the molecule is CN(C)c1ncccc1N(C)C(=O)c1cc(C(F)F)n(C)n1. The van der Waals surface area contributed by atoms with E-state index in [0.717, 1.165) is 10.7 Å². The van der Waals surface area contributed by atoms with Crippen molar-refractivity contribution < 1.29 is 13.6 Å². The van der Waals surface area contributed by atoms with Gasteiger partial charge < -0.3 is 9.80 Å². The number of anilines is 2. The highest BCUT2D eigenvalue weighted by molar-refractivity contribution is 6.05. The second-order valence-corrected chi connectivity index (χ2v) is 4.98. The summed E-state index contributed by atoms with van der Waals surface area (Å²) in [5.41, 5.74) is 0.242. The first-order chi connectivity index (χ1) is 10.3. The molecule has 0 aliphatic rings. The third-order valence-corrected chi connectivity index (χ3v) is 3.21. The van der Waals surface area contributed by atoms with Gasteiger partial charge in [-0.05, 0) is 18.2 Å². The van der Waals surface area contributed by atoms with Crippen LogP contribution >= 0.6 is 0 Å². The number of nitrogens with zero attached hydrogens (tertiary/aromatic N) is 5. The predicted molar refractivity (Wildman–Crippen MR) is 79.5 cm³/mol. The molecule has 0 aromatic carbocycles. The third-order valence-electron chi connectivity index (χ3n) is 3.21. The molecule has 0 N–H and O–H groups in total. The zero-order chi connectivity index (χ0) is 16.4. The second-order valence-electron chi connectivity index (χ2n) is 4.98. The van der Waals surface area contributed by atoms with Crippen LogP contribution in [0.3, 0.4) is 0 Å². The largest absolute Gasteiger partial charge is 0.361 e. The fraction of sp³-hybridized carbons (Fsp3) is 0.357. The molecule has 0 bridgehead atoms. The summed E-state index contributed by atoms with van der Waals surface area (Å²) in [6, 6.07) is 4.54. The average molecular weight is 309 g/mol. The van der Waals surface area contributed by atoms with Crippen molar-refractivity contribution in [3.63, 3.8) is 0 Å². The van der Waals surface area contributed by atoms with Crippen molar-refractivity contribution in [3.8, 4) is 0 Å². The zero-order valence-electron chi connectivity index (χ0n) is 12.8. The Kier molecular flexibility index (Phi) is 4.39. The number of carbonyl (C=O) groups excluding carboxylic acids is 1. The molecule has 6 nitrogen and oxygen atoms in total. The lowest BCUT2D eigenvalue weighted by Gasteiger charge is -2.22. The molecule has 2 rings (SSSR count). The molecule has 0 atom stereocenters. The van der Waals surface area contributed by atoms with Crippen molar-refractivity contribution in [2.45, 2.75) is 6.43 Å². The molecule has 118 valence electrons. The van der Waals surface area contributed by atoms with E-state index in [2.05, 4.69) is 10.1 Å². The van der Waals surface area contributed by atoms with E-state index in [1.54, 1.807) is 44.4 Å². The van der Waals surface area contributed by atoms with Gasteiger partial charge >= 0.3 is 0 Å². The lowest BCUT2D eigenvalue weighted by atomic mass is 10.3. The van der Waals surface area contributed by atoms with Crippen LogP contribution in [0.15, 0.2) is 24.4 Å². The summed E-state index contributed by atoms with van der Waals surface area (Å²) >= 11 is 0. The molecule has 0 aliphatic carbocycles. The first kappa shape index (κ1) is 15.9. The van der Waals surface area contributed by atoms with E-state index in [9.17, 15) is 13.6 Å². The van der Waals surface area contributed by atoms with Crippen LogP contribution in [0.25, 0.3) is 0 Å². The van der Waals surface area contributed by atoms with Gasteiger partial charge in [-0.1, -0.05) is 0 Å². The number of aromatic nitrogens is 3. The maximum atomic E-state index is 12.8. The topological polar surface area (TPSA) is 54.3 Å². The van der Waals surface area contributed by atoms with Gasteiger partial charge in [-0.3, -0.25) is 9.48 Å². The molecule has 0 unspecified atom stereocenters. The van der Waals surface area contributed by atoms with Gasteiger partial charge in [0, 0.05) is 34.4 Å². The minimum Gasteiger partial charge on any atom is -0.361 e. The zero-order valence-corrected chi connectivity index (χ0v) is 12.8. The average Bonchev–Trinajstić information content (AvgIpc) is 2.87. The van der Waals surface area contributed by atoms with E-state index in [1.807, 2.05) is 0 Å². The van der Waals surface area contributed by atoms with Crippen molar-refractivity contribution >= 4 is 17.4 Å². The van der Waals surface area contributed by atoms with Gasteiger partial charge in [-0.25, -0.2) is 13.8 Å². The van der Waals surface area contributed by atoms with Gasteiger partial charge in [0.15, 0.2) is 11.5 Å². The first-order valence-electron chi connectivity index (χ1n) is 6.55. The van der Waals surface area contributed by atoms with Gasteiger partial charge in [0.25, 0.3) is 12.3 Å². The molecule has 0 aliphatic heterocycles. The number of alkyl halides is 2. The molecule has 0 saturated heterocycles. The van der Waals surface area contributed by atoms with Crippen LogP contribution in [0.1, 0.15) is 22.6 Å². The van der Waals surface area contributed by atoms with E-state index in [4.69, 9.17) is 0 Å². The van der Waals surface area contributed by atoms with Crippen LogP contribution in [-0.2, 0) is 7.05 Å². The highest BCUT2D eigenvalue weighted by Gasteiger charge is 2.23. The van der Waals surface area contributed by atoms with Crippen LogP contribution < -0.4 is 9.80 Å². The van der Waals surface area contributed by atoms with E-state index < -0.39 is 12.3 Å². The fourth-order valence-corrected chi connectivity index (χ4v) is 2.07. The summed E-state index contributed by atoms with van der Waals surface area (Å²) in [6.07, 6.45) is -1.06. The summed E-state index contributed by atoms with van der Waals surface area (Å²) in [7, 11) is 6.55. The molecule has 1 amide bonds. The summed E-state index contributed by atoms with van der Waals surface area (Å²) < 4.78 is 26.6. The Morgan fingerprint density at radius 3 is 2.55 bits per heavy atom. The molecular formula is C14H17F2N5O. The van der Waals surface area contributed by atoms with Gasteiger partial charge in [0.05, 0.1) is 5.69 Å². The lowest BCUT2D eigenvalue weighted by molar-refractivity contribution is 0.0987. The number of hydrogen-bond donors (Lipinski definition) is 0. The van der Waals surface area contributed by atoms with Crippen LogP contribution in [0.5, 0.6) is 0 Å². The third kappa shape index (κ3) is 2.90. The molecule has 2 heterocycles. The van der Waals surface area contributed by atoms with Crippen LogP contribution in [0.2, 0.25) is 0 Å². The Labute approximate surface area is 127 Å². The maximum Gasteiger partial charge on any atom is 0.280 e. The van der Waals surface area contributed by atoms with Gasteiger partial charge in [-0.15, -0.1) is 0 Å². The van der Waals surface area contributed by atoms with Crippen molar-refractivity contribution in [1.29, 1.82) is 0 Å². The number of amides is 1. The molecule has 22 heavy (non-hydrogen) atoms. The van der Waals surface area contributed by atoms with E-state index >= 15 is 0 Å². The normalized spacial score (nSPS) is 10.9. The van der Waals surface area contributed by atoms with Gasteiger partial charge in [0.1, 0.15) is 5.69 Å². The monoisotopic (exact) mass is 309 g/mol. The summed E-state index contributed by atoms with van der Waals surface area (Å²) in [5, 5.41) is 3.86. The standard InChI is InChI=1S/C14H17F2N5O/c1-19(2)13-10(6-5-7-17-13)20(3)14(22)9-8-11(12(15)16)21(4)18-9/h5-8,12H,1-4H3. The Morgan fingerprint density at radius 1 is 1.32 bits per heavy atom. The van der Waals surface area contributed by atoms with E-state index in [-0.39, 0.29) is 11.4 Å². The van der Waals surface area contributed by atoms with Crippen molar-refractivity contribution in [2.24, 2.45) is 7.05 Å². The first-order valence-corrected chi connectivity index (χ1v) is 6.55. The maximum absolute atomic E-state index is 12.8. The van der Waals surface area contributed by atoms with E-state index in [0.29, 0.717) is 11.5 Å². The molecule has 2 aromatic heterocycles. The number of rotatable bonds is 4.